The summed E-state index contributed by atoms with van der Waals surface area (Å²) in [5.74, 6) is 1.88. The summed E-state index contributed by atoms with van der Waals surface area (Å²) in [6.07, 6.45) is 0.891. The number of carbonyl (C=O) groups is 1. The van der Waals surface area contributed by atoms with E-state index >= 15 is 0 Å². The van der Waals surface area contributed by atoms with Crippen LogP contribution in [-0.2, 0) is 9.53 Å². The van der Waals surface area contributed by atoms with Gasteiger partial charge < -0.3 is 10.1 Å². The highest BCUT2D eigenvalue weighted by Gasteiger charge is 2.58. The Bertz CT molecular complexity index is 316. The van der Waals surface area contributed by atoms with Crippen molar-refractivity contribution in [3.05, 3.63) is 0 Å². The smallest absolute Gasteiger partial charge is 0.238 e. The minimum atomic E-state index is -0.122. The fourth-order valence-corrected chi connectivity index (χ4v) is 3.50. The predicted molar refractivity (Wildman–Crippen MR) is 70.0 cm³/mol. The molecule has 5 heteroatoms. The molecule has 0 aromatic heterocycles. The number of thioether (sulfide) groups is 1. The second-order valence-electron chi connectivity index (χ2n) is 5.69. The molecule has 2 fully saturated rings. The fraction of sp³-hybridized carbons (Fsp3) is 0.917. The van der Waals surface area contributed by atoms with Crippen molar-refractivity contribution < 1.29 is 9.53 Å². The van der Waals surface area contributed by atoms with Gasteiger partial charge in [0, 0.05) is 30.2 Å². The average molecular weight is 258 g/mol. The Morgan fingerprint density at radius 2 is 2.18 bits per heavy atom. The number of hydrogen-bond donors (Lipinski definition) is 2. The van der Waals surface area contributed by atoms with Crippen LogP contribution in [0.3, 0.4) is 0 Å². The third-order valence-corrected chi connectivity index (χ3v) is 5.57. The summed E-state index contributed by atoms with van der Waals surface area (Å²) in [6.45, 7) is 6.42. The van der Waals surface area contributed by atoms with Gasteiger partial charge in [-0.3, -0.25) is 10.1 Å². The van der Waals surface area contributed by atoms with E-state index in [1.165, 1.54) is 0 Å². The second-order valence-corrected chi connectivity index (χ2v) is 6.72. The van der Waals surface area contributed by atoms with Gasteiger partial charge in [0.1, 0.15) is 0 Å². The van der Waals surface area contributed by atoms with Crippen LogP contribution in [0, 0.1) is 5.41 Å². The Morgan fingerprint density at radius 1 is 1.47 bits per heavy atom. The predicted octanol–water partition coefficient (Wildman–Crippen LogP) is 0.969. The Labute approximate surface area is 107 Å². The minimum absolute atomic E-state index is 0.0108. The number of hydrogen-bond acceptors (Lipinski definition) is 4. The molecule has 0 aromatic carbocycles. The van der Waals surface area contributed by atoms with E-state index in [0.29, 0.717) is 0 Å². The van der Waals surface area contributed by atoms with Crippen LogP contribution in [0.5, 0.6) is 0 Å². The molecule has 98 valence electrons. The third kappa shape index (κ3) is 2.09. The molecule has 0 radical (unpaired) electrons. The zero-order chi connectivity index (χ0) is 12.7. The molecule has 0 unspecified atom stereocenters. The van der Waals surface area contributed by atoms with E-state index in [9.17, 15) is 4.79 Å². The van der Waals surface area contributed by atoms with Crippen LogP contribution >= 0.6 is 11.8 Å². The van der Waals surface area contributed by atoms with Crippen molar-refractivity contribution in [2.75, 3.05) is 18.7 Å². The highest BCUT2D eigenvalue weighted by atomic mass is 32.2. The molecule has 1 heterocycles. The van der Waals surface area contributed by atoms with Gasteiger partial charge in [0.2, 0.25) is 5.91 Å². The minimum Gasteiger partial charge on any atom is -0.378 e. The van der Waals surface area contributed by atoms with Gasteiger partial charge in [-0.1, -0.05) is 13.8 Å². The first-order valence-electron chi connectivity index (χ1n) is 6.07. The molecule has 3 atom stereocenters. The molecular formula is C12H22N2O2S. The first-order valence-corrected chi connectivity index (χ1v) is 7.23. The number of rotatable bonds is 3. The maximum atomic E-state index is 12.0. The number of amides is 1. The van der Waals surface area contributed by atoms with Crippen LogP contribution < -0.4 is 10.6 Å². The average Bonchev–Trinajstić information content (AvgIpc) is 2.81. The SMILES string of the molecule is CO[C@]1(C)C[C@H](NC(=O)[C@H]2CSCN2)C1(C)C. The lowest BCUT2D eigenvalue weighted by molar-refractivity contribution is -0.182. The summed E-state index contributed by atoms with van der Waals surface area (Å²) in [5, 5.41) is 6.33. The number of methoxy groups -OCH3 is 1. The van der Waals surface area contributed by atoms with Gasteiger partial charge in [0.05, 0.1) is 11.6 Å². The molecular weight excluding hydrogens is 236 g/mol. The molecule has 2 aliphatic rings. The van der Waals surface area contributed by atoms with Crippen molar-refractivity contribution in [1.29, 1.82) is 0 Å². The normalized spacial score (nSPS) is 39.8. The monoisotopic (exact) mass is 258 g/mol. The molecule has 17 heavy (non-hydrogen) atoms. The van der Waals surface area contributed by atoms with Crippen molar-refractivity contribution in [3.8, 4) is 0 Å². The summed E-state index contributed by atoms with van der Waals surface area (Å²) < 4.78 is 5.56. The summed E-state index contributed by atoms with van der Waals surface area (Å²) in [6, 6.07) is 0.192. The van der Waals surface area contributed by atoms with Crippen molar-refractivity contribution in [1.82, 2.24) is 10.6 Å². The standard InChI is InChI=1S/C12H22N2O2S/c1-11(2)9(5-12(11,3)16-4)14-10(15)8-6-17-7-13-8/h8-9,13H,5-7H2,1-4H3,(H,14,15)/t8-,9+,12-/m1/s1. The lowest BCUT2D eigenvalue weighted by Gasteiger charge is -2.59. The van der Waals surface area contributed by atoms with Crippen LogP contribution in [0.4, 0.5) is 0 Å². The molecule has 1 saturated heterocycles. The summed E-state index contributed by atoms with van der Waals surface area (Å²) in [7, 11) is 1.74. The molecule has 4 nitrogen and oxygen atoms in total. The van der Waals surface area contributed by atoms with E-state index < -0.39 is 0 Å². The van der Waals surface area contributed by atoms with Gasteiger partial charge in [0.25, 0.3) is 0 Å². The Kier molecular flexibility index (Phi) is 3.45. The van der Waals surface area contributed by atoms with Gasteiger partial charge >= 0.3 is 0 Å². The highest BCUT2D eigenvalue weighted by molar-refractivity contribution is 7.99. The van der Waals surface area contributed by atoms with Crippen LogP contribution in [-0.4, -0.2) is 42.3 Å². The molecule has 1 saturated carbocycles. The van der Waals surface area contributed by atoms with Gasteiger partial charge in [0.15, 0.2) is 0 Å². The molecule has 1 aliphatic heterocycles. The van der Waals surface area contributed by atoms with E-state index in [1.807, 2.05) is 0 Å². The Balaban J connectivity index is 1.91. The maximum absolute atomic E-state index is 12.0. The number of ether oxygens (including phenoxy) is 1. The molecule has 2 rings (SSSR count). The molecule has 0 spiro atoms. The van der Waals surface area contributed by atoms with Crippen molar-refractivity contribution in [2.24, 2.45) is 5.41 Å². The molecule has 1 aliphatic carbocycles. The van der Waals surface area contributed by atoms with Crippen molar-refractivity contribution in [3.63, 3.8) is 0 Å². The van der Waals surface area contributed by atoms with E-state index in [-0.39, 0.29) is 29.0 Å². The van der Waals surface area contributed by atoms with E-state index in [1.54, 1.807) is 18.9 Å². The number of nitrogens with one attached hydrogen (secondary N) is 2. The third-order valence-electron chi connectivity index (χ3n) is 4.63. The molecule has 0 aromatic rings. The fourth-order valence-electron chi connectivity index (χ4n) is 2.56. The summed E-state index contributed by atoms with van der Waals surface area (Å²) >= 11 is 1.77. The van der Waals surface area contributed by atoms with Gasteiger partial charge in [-0.15, -0.1) is 11.8 Å². The molecule has 2 N–H and O–H groups in total. The highest BCUT2D eigenvalue weighted by Crippen LogP contribution is 2.51. The lowest BCUT2D eigenvalue weighted by Crippen LogP contribution is -2.69. The summed E-state index contributed by atoms with van der Waals surface area (Å²) in [5.41, 5.74) is -0.133. The van der Waals surface area contributed by atoms with Crippen LogP contribution in [0.25, 0.3) is 0 Å². The van der Waals surface area contributed by atoms with Crippen molar-refractivity contribution in [2.45, 2.75) is 44.9 Å². The topological polar surface area (TPSA) is 50.4 Å². The first kappa shape index (κ1) is 13.2. The van der Waals surface area contributed by atoms with E-state index in [4.69, 9.17) is 4.74 Å². The molecule has 1 amide bonds. The zero-order valence-corrected chi connectivity index (χ0v) is 11.8. The zero-order valence-electron chi connectivity index (χ0n) is 11.0. The van der Waals surface area contributed by atoms with E-state index in [2.05, 4.69) is 31.4 Å². The first-order chi connectivity index (χ1) is 7.90. The van der Waals surface area contributed by atoms with E-state index in [0.717, 1.165) is 18.1 Å². The lowest BCUT2D eigenvalue weighted by atomic mass is 9.56. The van der Waals surface area contributed by atoms with Gasteiger partial charge in [-0.25, -0.2) is 0 Å². The van der Waals surface area contributed by atoms with Gasteiger partial charge in [-0.2, -0.15) is 0 Å². The quantitative estimate of drug-likeness (QED) is 0.792. The second kappa shape index (κ2) is 4.44. The largest absolute Gasteiger partial charge is 0.378 e. The summed E-state index contributed by atoms with van der Waals surface area (Å²) in [4.78, 5) is 12.0. The maximum Gasteiger partial charge on any atom is 0.238 e. The Morgan fingerprint density at radius 3 is 2.65 bits per heavy atom. The number of carbonyl (C=O) groups excluding carboxylic acids is 1. The van der Waals surface area contributed by atoms with Crippen molar-refractivity contribution >= 4 is 17.7 Å². The van der Waals surface area contributed by atoms with Gasteiger partial charge in [-0.05, 0) is 13.3 Å². The van der Waals surface area contributed by atoms with Crippen LogP contribution in [0.1, 0.15) is 27.2 Å². The molecule has 0 bridgehead atoms. The van der Waals surface area contributed by atoms with Crippen LogP contribution in [0.15, 0.2) is 0 Å². The Hall–Kier alpha value is -0.260. The van der Waals surface area contributed by atoms with Crippen LogP contribution in [0.2, 0.25) is 0 Å².